The van der Waals surface area contributed by atoms with E-state index >= 15 is 0 Å². The van der Waals surface area contributed by atoms with Crippen molar-refractivity contribution < 1.29 is 14.3 Å². The second-order valence-corrected chi connectivity index (χ2v) is 4.60. The molecule has 2 rings (SSSR count). The molecule has 2 aromatic carbocycles. The number of hydrogen-bond donors (Lipinski definition) is 2. The lowest BCUT2D eigenvalue weighted by molar-refractivity contribution is 0.0916. The number of amides is 1. The molecule has 1 unspecified atom stereocenters. The number of aliphatic hydroxyl groups is 1. The predicted octanol–water partition coefficient (Wildman–Crippen LogP) is 2.94. The number of halogens is 2. The van der Waals surface area contributed by atoms with Crippen LogP contribution >= 0.6 is 11.6 Å². The summed E-state index contributed by atoms with van der Waals surface area (Å²) >= 11 is 5.76. The molecule has 0 saturated heterocycles. The van der Waals surface area contributed by atoms with Crippen molar-refractivity contribution in [3.05, 3.63) is 70.5 Å². The maximum Gasteiger partial charge on any atom is 0.253 e. The van der Waals surface area contributed by atoms with Crippen LogP contribution in [-0.2, 0) is 0 Å². The fourth-order valence-corrected chi connectivity index (χ4v) is 2.05. The zero-order chi connectivity index (χ0) is 14.5. The predicted molar refractivity (Wildman–Crippen MR) is 75.1 cm³/mol. The molecule has 20 heavy (non-hydrogen) atoms. The lowest BCUT2D eigenvalue weighted by Gasteiger charge is -2.17. The molecular weight excluding hydrogens is 281 g/mol. The standard InChI is InChI=1S/C15H13ClFNO2/c16-14-11(7-4-8-12(14)17)15(20)18-13(9-19)10-5-2-1-3-6-10/h1-8,13,19H,9H2,(H,18,20). The van der Waals surface area contributed by atoms with Gasteiger partial charge < -0.3 is 10.4 Å². The maximum atomic E-state index is 13.3. The van der Waals surface area contributed by atoms with Crippen molar-refractivity contribution in [2.24, 2.45) is 0 Å². The summed E-state index contributed by atoms with van der Waals surface area (Å²) in [6, 6.07) is 12.5. The summed E-state index contributed by atoms with van der Waals surface area (Å²) in [4.78, 5) is 12.1. The fraction of sp³-hybridized carbons (Fsp3) is 0.133. The van der Waals surface area contributed by atoms with E-state index in [9.17, 15) is 14.3 Å². The highest BCUT2D eigenvalue weighted by Gasteiger charge is 2.18. The van der Waals surface area contributed by atoms with E-state index < -0.39 is 17.8 Å². The molecule has 0 saturated carbocycles. The SMILES string of the molecule is O=C(NC(CO)c1ccccc1)c1cccc(F)c1Cl. The Morgan fingerprint density at radius 1 is 1.20 bits per heavy atom. The van der Waals surface area contributed by atoms with Crippen LogP contribution in [0, 0.1) is 5.82 Å². The van der Waals surface area contributed by atoms with Crippen LogP contribution in [-0.4, -0.2) is 17.6 Å². The Morgan fingerprint density at radius 2 is 1.90 bits per heavy atom. The lowest BCUT2D eigenvalue weighted by Crippen LogP contribution is -2.31. The summed E-state index contributed by atoms with van der Waals surface area (Å²) in [5.41, 5.74) is 0.803. The Hall–Kier alpha value is -1.91. The van der Waals surface area contributed by atoms with E-state index in [1.807, 2.05) is 6.07 Å². The Labute approximate surface area is 121 Å². The van der Waals surface area contributed by atoms with Gasteiger partial charge in [-0.3, -0.25) is 4.79 Å². The van der Waals surface area contributed by atoms with Gasteiger partial charge in [0.2, 0.25) is 0 Å². The number of aliphatic hydroxyl groups excluding tert-OH is 1. The molecule has 104 valence electrons. The molecular formula is C15H13ClFNO2. The number of rotatable bonds is 4. The summed E-state index contributed by atoms with van der Waals surface area (Å²) in [6.07, 6.45) is 0. The van der Waals surface area contributed by atoms with Gasteiger partial charge >= 0.3 is 0 Å². The monoisotopic (exact) mass is 293 g/mol. The van der Waals surface area contributed by atoms with Crippen molar-refractivity contribution in [2.75, 3.05) is 6.61 Å². The van der Waals surface area contributed by atoms with Crippen LogP contribution in [0.2, 0.25) is 5.02 Å². The molecule has 0 aliphatic heterocycles. The van der Waals surface area contributed by atoms with Crippen molar-refractivity contribution in [3.8, 4) is 0 Å². The number of nitrogens with one attached hydrogen (secondary N) is 1. The average Bonchev–Trinajstić information content (AvgIpc) is 2.48. The molecule has 0 aliphatic carbocycles. The molecule has 3 nitrogen and oxygen atoms in total. The third-order valence-electron chi connectivity index (χ3n) is 2.89. The van der Waals surface area contributed by atoms with Crippen molar-refractivity contribution in [3.63, 3.8) is 0 Å². The van der Waals surface area contributed by atoms with Crippen LogP contribution in [0.15, 0.2) is 48.5 Å². The Morgan fingerprint density at radius 3 is 2.55 bits per heavy atom. The zero-order valence-electron chi connectivity index (χ0n) is 10.5. The lowest BCUT2D eigenvalue weighted by atomic mass is 10.1. The largest absolute Gasteiger partial charge is 0.394 e. The third kappa shape index (κ3) is 3.15. The van der Waals surface area contributed by atoms with Crippen LogP contribution in [0.3, 0.4) is 0 Å². The highest BCUT2D eigenvalue weighted by molar-refractivity contribution is 6.34. The van der Waals surface area contributed by atoms with Gasteiger partial charge in [0.25, 0.3) is 5.91 Å². The molecule has 1 amide bonds. The first kappa shape index (κ1) is 14.5. The smallest absolute Gasteiger partial charge is 0.253 e. The van der Waals surface area contributed by atoms with E-state index in [4.69, 9.17) is 11.6 Å². The number of carbonyl (C=O) groups excluding carboxylic acids is 1. The molecule has 0 aliphatic rings. The van der Waals surface area contributed by atoms with E-state index in [1.165, 1.54) is 18.2 Å². The van der Waals surface area contributed by atoms with E-state index in [1.54, 1.807) is 24.3 Å². The van der Waals surface area contributed by atoms with E-state index in [-0.39, 0.29) is 17.2 Å². The number of benzene rings is 2. The quantitative estimate of drug-likeness (QED) is 0.910. The summed E-state index contributed by atoms with van der Waals surface area (Å²) in [5, 5.41) is 11.8. The highest BCUT2D eigenvalue weighted by Crippen LogP contribution is 2.21. The van der Waals surface area contributed by atoms with Gasteiger partial charge in [0.05, 0.1) is 23.2 Å². The first-order chi connectivity index (χ1) is 9.63. The first-order valence-electron chi connectivity index (χ1n) is 6.04. The van der Waals surface area contributed by atoms with Crippen molar-refractivity contribution in [1.82, 2.24) is 5.32 Å². The van der Waals surface area contributed by atoms with Gasteiger partial charge in [-0.2, -0.15) is 0 Å². The molecule has 0 fully saturated rings. The maximum absolute atomic E-state index is 13.3. The van der Waals surface area contributed by atoms with E-state index in [2.05, 4.69) is 5.32 Å². The van der Waals surface area contributed by atoms with Crippen molar-refractivity contribution in [2.45, 2.75) is 6.04 Å². The summed E-state index contributed by atoms with van der Waals surface area (Å²) < 4.78 is 13.3. The number of carbonyl (C=O) groups is 1. The van der Waals surface area contributed by atoms with Crippen molar-refractivity contribution >= 4 is 17.5 Å². The molecule has 5 heteroatoms. The minimum absolute atomic E-state index is 0.0426. The molecule has 0 aromatic heterocycles. The minimum atomic E-state index is -0.653. The molecule has 2 aromatic rings. The Balaban J connectivity index is 2.20. The van der Waals surface area contributed by atoms with E-state index in [0.717, 1.165) is 5.56 Å². The molecule has 1 atom stereocenters. The van der Waals surface area contributed by atoms with E-state index in [0.29, 0.717) is 0 Å². The normalized spacial score (nSPS) is 11.9. The van der Waals surface area contributed by atoms with Gasteiger partial charge in [-0.1, -0.05) is 48.0 Å². The average molecular weight is 294 g/mol. The summed E-state index contributed by atoms with van der Waals surface area (Å²) in [6.45, 7) is -0.261. The van der Waals surface area contributed by atoms with Crippen molar-refractivity contribution in [1.29, 1.82) is 0 Å². The van der Waals surface area contributed by atoms with Crippen LogP contribution in [0.1, 0.15) is 22.0 Å². The van der Waals surface area contributed by atoms with Gasteiger partial charge in [-0.15, -0.1) is 0 Å². The topological polar surface area (TPSA) is 49.3 Å². The van der Waals surface area contributed by atoms with Crippen LogP contribution in [0.25, 0.3) is 0 Å². The van der Waals surface area contributed by atoms with Gasteiger partial charge in [-0.05, 0) is 17.7 Å². The zero-order valence-corrected chi connectivity index (χ0v) is 11.3. The Bertz CT molecular complexity index is 604. The molecule has 0 heterocycles. The molecule has 0 spiro atoms. The first-order valence-corrected chi connectivity index (χ1v) is 6.42. The fourth-order valence-electron chi connectivity index (χ4n) is 1.83. The van der Waals surface area contributed by atoms with Crippen LogP contribution in [0.5, 0.6) is 0 Å². The van der Waals surface area contributed by atoms with Crippen LogP contribution in [0.4, 0.5) is 4.39 Å². The van der Waals surface area contributed by atoms with Gasteiger partial charge in [-0.25, -0.2) is 4.39 Å². The van der Waals surface area contributed by atoms with Gasteiger partial charge in [0.1, 0.15) is 5.82 Å². The molecule has 2 N–H and O–H groups in total. The summed E-state index contributed by atoms with van der Waals surface area (Å²) in [7, 11) is 0. The summed E-state index contributed by atoms with van der Waals surface area (Å²) in [5.74, 6) is -1.18. The molecule has 0 radical (unpaired) electrons. The van der Waals surface area contributed by atoms with Gasteiger partial charge in [0, 0.05) is 0 Å². The van der Waals surface area contributed by atoms with Gasteiger partial charge in [0.15, 0.2) is 0 Å². The minimum Gasteiger partial charge on any atom is -0.394 e. The van der Waals surface area contributed by atoms with Crippen LogP contribution < -0.4 is 5.32 Å². The third-order valence-corrected chi connectivity index (χ3v) is 3.27. The highest BCUT2D eigenvalue weighted by atomic mass is 35.5. The molecule has 0 bridgehead atoms. The second kappa shape index (κ2) is 6.50. The Kier molecular flexibility index (Phi) is 4.71. The number of hydrogen-bond acceptors (Lipinski definition) is 2. The second-order valence-electron chi connectivity index (χ2n) is 4.22.